The molecule has 1 heterocycles. The van der Waals surface area contributed by atoms with E-state index in [2.05, 4.69) is 5.10 Å². The van der Waals surface area contributed by atoms with Crippen molar-refractivity contribution in [3.8, 4) is 0 Å². The van der Waals surface area contributed by atoms with Crippen molar-refractivity contribution in [3.63, 3.8) is 0 Å². The van der Waals surface area contributed by atoms with Crippen LogP contribution < -0.4 is 5.73 Å². The van der Waals surface area contributed by atoms with E-state index in [9.17, 15) is 14.0 Å². The van der Waals surface area contributed by atoms with Gasteiger partial charge in [0.1, 0.15) is 5.82 Å². The molecule has 24 heavy (non-hydrogen) atoms. The van der Waals surface area contributed by atoms with E-state index in [1.54, 1.807) is 10.7 Å². The number of aryl methyl sites for hydroxylation is 1. The van der Waals surface area contributed by atoms with Gasteiger partial charge in [-0.05, 0) is 26.0 Å². The Hall–Kier alpha value is -2.45. The van der Waals surface area contributed by atoms with Gasteiger partial charge in [-0.15, -0.1) is 0 Å². The zero-order chi connectivity index (χ0) is 18.4. The fourth-order valence-corrected chi connectivity index (χ4v) is 2.04. The lowest BCUT2D eigenvalue weighted by Crippen LogP contribution is -2.22. The molecule has 0 aliphatic heterocycles. The minimum Gasteiger partial charge on any atom is -0.478 e. The summed E-state index contributed by atoms with van der Waals surface area (Å²) in [6, 6.07) is 3.00. The van der Waals surface area contributed by atoms with E-state index in [4.69, 9.17) is 27.5 Å². The third-order valence-corrected chi connectivity index (χ3v) is 3.10. The van der Waals surface area contributed by atoms with Gasteiger partial charge in [0.05, 0.1) is 22.8 Å². The fourth-order valence-electron chi connectivity index (χ4n) is 1.88. The number of hydrogen-bond acceptors (Lipinski definition) is 4. The molecule has 0 bridgehead atoms. The fraction of sp³-hybridized carbons (Fsp3) is 0.267. The maximum atomic E-state index is 13.3. The van der Waals surface area contributed by atoms with Gasteiger partial charge in [-0.3, -0.25) is 4.68 Å². The summed E-state index contributed by atoms with van der Waals surface area (Å²) in [6.45, 7) is 4.33. The van der Waals surface area contributed by atoms with Crippen LogP contribution in [0.2, 0.25) is 5.02 Å². The number of nitrogens with two attached hydrogens (primary N) is 1. The summed E-state index contributed by atoms with van der Waals surface area (Å²) >= 11 is 5.76. The van der Waals surface area contributed by atoms with Gasteiger partial charge >= 0.3 is 11.9 Å². The van der Waals surface area contributed by atoms with Crippen LogP contribution in [0.25, 0.3) is 10.9 Å². The van der Waals surface area contributed by atoms with E-state index < -0.39 is 17.8 Å². The average Bonchev–Trinajstić information content (AvgIpc) is 2.73. The van der Waals surface area contributed by atoms with Crippen molar-refractivity contribution in [2.45, 2.75) is 26.4 Å². The number of carboxylic acids is 2. The molecule has 0 spiro atoms. The summed E-state index contributed by atoms with van der Waals surface area (Å²) in [5, 5.41) is 20.8. The smallest absolute Gasteiger partial charge is 0.328 e. The Kier molecular flexibility index (Phi) is 6.87. The third kappa shape index (κ3) is 5.64. The van der Waals surface area contributed by atoms with Crippen LogP contribution in [0.15, 0.2) is 24.3 Å². The summed E-state index contributed by atoms with van der Waals surface area (Å²) in [6.07, 6.45) is 1.12. The highest BCUT2D eigenvalue weighted by atomic mass is 35.5. The highest BCUT2D eigenvalue weighted by Gasteiger charge is 2.11. The van der Waals surface area contributed by atoms with Crippen molar-refractivity contribution in [1.82, 2.24) is 9.78 Å². The highest BCUT2D eigenvalue weighted by Crippen LogP contribution is 2.25. The molecule has 130 valence electrons. The van der Waals surface area contributed by atoms with Gasteiger partial charge in [0.25, 0.3) is 0 Å². The van der Waals surface area contributed by atoms with Crippen molar-refractivity contribution in [2.24, 2.45) is 5.73 Å². The van der Waals surface area contributed by atoms with Crippen LogP contribution in [0.5, 0.6) is 0 Å². The van der Waals surface area contributed by atoms with Crippen molar-refractivity contribution >= 4 is 34.4 Å². The maximum absolute atomic E-state index is 13.3. The minimum atomic E-state index is -1.26. The van der Waals surface area contributed by atoms with Crippen molar-refractivity contribution in [2.75, 3.05) is 0 Å². The molecule has 0 saturated heterocycles. The molecular weight excluding hydrogens is 341 g/mol. The zero-order valence-electron chi connectivity index (χ0n) is 13.0. The van der Waals surface area contributed by atoms with Crippen LogP contribution in [0.3, 0.4) is 0 Å². The first-order valence-electron chi connectivity index (χ1n) is 6.83. The predicted octanol–water partition coefficient (Wildman–Crippen LogP) is 2.20. The van der Waals surface area contributed by atoms with Crippen LogP contribution in [0, 0.1) is 12.7 Å². The Balaban J connectivity index is 0.000000307. The first-order chi connectivity index (χ1) is 11.1. The number of halogens is 2. The first-order valence-corrected chi connectivity index (χ1v) is 7.21. The molecule has 9 heteroatoms. The molecule has 0 fully saturated rings. The second-order valence-corrected chi connectivity index (χ2v) is 5.45. The van der Waals surface area contributed by atoms with Crippen molar-refractivity contribution < 1.29 is 24.2 Å². The number of aliphatic carboxylic acids is 2. The van der Waals surface area contributed by atoms with E-state index in [0.717, 1.165) is 16.6 Å². The summed E-state index contributed by atoms with van der Waals surface area (Å²) in [5.41, 5.74) is 7.33. The summed E-state index contributed by atoms with van der Waals surface area (Å²) in [4.78, 5) is 19.1. The topological polar surface area (TPSA) is 118 Å². The van der Waals surface area contributed by atoms with Crippen LogP contribution in [-0.4, -0.2) is 38.0 Å². The van der Waals surface area contributed by atoms with E-state index in [1.807, 2.05) is 13.8 Å². The Labute approximate surface area is 142 Å². The van der Waals surface area contributed by atoms with Gasteiger partial charge in [0.2, 0.25) is 0 Å². The number of carboxylic acid groups (broad SMARTS) is 2. The number of nitrogens with zero attached hydrogens (tertiary/aromatic N) is 2. The van der Waals surface area contributed by atoms with Crippen LogP contribution in [0.4, 0.5) is 4.39 Å². The van der Waals surface area contributed by atoms with Crippen LogP contribution in [0.1, 0.15) is 12.6 Å². The first kappa shape index (κ1) is 19.6. The summed E-state index contributed by atoms with van der Waals surface area (Å²) < 4.78 is 15.1. The molecule has 1 atom stereocenters. The molecule has 2 aromatic rings. The lowest BCUT2D eigenvalue weighted by Gasteiger charge is -2.06. The lowest BCUT2D eigenvalue weighted by atomic mass is 10.2. The molecule has 1 aromatic heterocycles. The quantitative estimate of drug-likeness (QED) is 0.722. The number of fused-ring (bicyclic) bond motifs is 1. The highest BCUT2D eigenvalue weighted by molar-refractivity contribution is 6.31. The Bertz CT molecular complexity index is 771. The number of aromatic nitrogens is 2. The van der Waals surface area contributed by atoms with Crippen LogP contribution in [-0.2, 0) is 16.1 Å². The molecule has 4 N–H and O–H groups in total. The normalized spacial score (nSPS) is 12.0. The monoisotopic (exact) mass is 357 g/mol. The van der Waals surface area contributed by atoms with Gasteiger partial charge < -0.3 is 15.9 Å². The van der Waals surface area contributed by atoms with Crippen molar-refractivity contribution in [1.29, 1.82) is 0 Å². The standard InChI is InChI=1S/C11H13ClFN3.C4H4O4/c1-6(14)5-16-11-4-9(12)10(13)3-8(11)7(2)15-16;5-3(6)1-2-4(7)8/h3-4,6H,5,14H2,1-2H3;1-2H,(H,5,6)(H,7,8)/b;2-1+/t6-;/m0./s1. The molecule has 7 nitrogen and oxygen atoms in total. The van der Waals surface area contributed by atoms with E-state index in [-0.39, 0.29) is 11.1 Å². The molecule has 0 aliphatic rings. The SMILES string of the molecule is Cc1nn(C[C@H](C)N)c2cc(Cl)c(F)cc12.O=C(O)/C=C/C(=O)O. The zero-order valence-corrected chi connectivity index (χ0v) is 13.8. The summed E-state index contributed by atoms with van der Waals surface area (Å²) in [7, 11) is 0. The van der Waals surface area contributed by atoms with E-state index >= 15 is 0 Å². The van der Waals surface area contributed by atoms with Gasteiger partial charge in [0.15, 0.2) is 0 Å². The second-order valence-electron chi connectivity index (χ2n) is 5.04. The number of hydrogen-bond donors (Lipinski definition) is 3. The largest absolute Gasteiger partial charge is 0.478 e. The molecule has 0 unspecified atom stereocenters. The molecule has 0 amide bonds. The summed E-state index contributed by atoms with van der Waals surface area (Å²) in [5.74, 6) is -2.93. The van der Waals surface area contributed by atoms with Gasteiger partial charge in [-0.1, -0.05) is 11.6 Å². The maximum Gasteiger partial charge on any atom is 0.328 e. The predicted molar refractivity (Wildman–Crippen MR) is 87.5 cm³/mol. The molecule has 0 aliphatic carbocycles. The third-order valence-electron chi connectivity index (χ3n) is 2.81. The van der Waals surface area contributed by atoms with Crippen LogP contribution >= 0.6 is 11.6 Å². The van der Waals surface area contributed by atoms with Gasteiger partial charge in [0, 0.05) is 23.6 Å². The van der Waals surface area contributed by atoms with E-state index in [0.29, 0.717) is 18.7 Å². The van der Waals surface area contributed by atoms with E-state index in [1.165, 1.54) is 6.07 Å². The molecule has 1 aromatic carbocycles. The van der Waals surface area contributed by atoms with Gasteiger partial charge in [-0.2, -0.15) is 5.10 Å². The molecule has 2 rings (SSSR count). The number of rotatable bonds is 4. The Morgan fingerprint density at radius 1 is 1.38 bits per heavy atom. The van der Waals surface area contributed by atoms with Crippen molar-refractivity contribution in [3.05, 3.63) is 40.8 Å². The number of carbonyl (C=O) groups is 2. The second kappa shape index (κ2) is 8.42. The average molecular weight is 358 g/mol. The number of benzene rings is 1. The Morgan fingerprint density at radius 2 is 1.92 bits per heavy atom. The minimum absolute atomic E-state index is 0.00803. The Morgan fingerprint density at radius 3 is 2.38 bits per heavy atom. The molecule has 0 saturated carbocycles. The van der Waals surface area contributed by atoms with Gasteiger partial charge in [-0.25, -0.2) is 14.0 Å². The lowest BCUT2D eigenvalue weighted by molar-refractivity contribution is -0.134. The molecule has 0 radical (unpaired) electrons. The molecular formula is C15H17ClFN3O4.